The minimum atomic E-state index is -0.534. The van der Waals surface area contributed by atoms with Gasteiger partial charge in [-0.25, -0.2) is 0 Å². The molecule has 106 valence electrons. The molecule has 0 aromatic carbocycles. The first-order valence-corrected chi connectivity index (χ1v) is 7.43. The van der Waals surface area contributed by atoms with E-state index in [0.29, 0.717) is 5.92 Å². The van der Waals surface area contributed by atoms with Gasteiger partial charge in [0.2, 0.25) is 0 Å². The molecule has 0 spiro atoms. The number of aliphatic hydroxyl groups excluding tert-OH is 1. The van der Waals surface area contributed by atoms with Crippen LogP contribution >= 0.6 is 0 Å². The predicted octanol–water partition coefficient (Wildman–Crippen LogP) is 2.02. The lowest BCUT2D eigenvalue weighted by molar-refractivity contribution is -0.0638. The Bertz CT molecular complexity index is 288. The molecular weight excluding hydrogens is 226 g/mol. The maximum absolute atomic E-state index is 10.5. The van der Waals surface area contributed by atoms with Crippen LogP contribution in [0.5, 0.6) is 0 Å². The highest BCUT2D eigenvalue weighted by Gasteiger charge is 2.39. The lowest BCUT2D eigenvalue weighted by Gasteiger charge is -2.44. The van der Waals surface area contributed by atoms with Crippen LogP contribution in [0.2, 0.25) is 0 Å². The monoisotopic (exact) mass is 255 g/mol. The second kappa shape index (κ2) is 5.10. The Hall–Kier alpha value is -0.120. The van der Waals surface area contributed by atoms with Gasteiger partial charge < -0.3 is 15.1 Å². The average Bonchev–Trinajstić information content (AvgIpc) is 2.23. The third-order valence-corrected chi connectivity index (χ3v) is 4.89. The molecule has 3 unspecified atom stereocenters. The van der Waals surface area contributed by atoms with Gasteiger partial charge in [-0.05, 0) is 50.5 Å². The Morgan fingerprint density at radius 2 is 1.89 bits per heavy atom. The van der Waals surface area contributed by atoms with Crippen molar-refractivity contribution in [1.29, 1.82) is 0 Å². The summed E-state index contributed by atoms with van der Waals surface area (Å²) in [4.78, 5) is 2.35. The molecule has 3 atom stereocenters. The highest BCUT2D eigenvalue weighted by Crippen LogP contribution is 2.39. The molecule has 2 N–H and O–H groups in total. The molecule has 1 heterocycles. The fraction of sp³-hybridized carbons (Fsp3) is 1.00. The summed E-state index contributed by atoms with van der Waals surface area (Å²) in [5.41, 5.74) is -0.478. The van der Waals surface area contributed by atoms with E-state index in [0.717, 1.165) is 45.3 Å². The van der Waals surface area contributed by atoms with Crippen molar-refractivity contribution in [3.8, 4) is 0 Å². The Balaban J connectivity index is 1.92. The summed E-state index contributed by atoms with van der Waals surface area (Å²) >= 11 is 0. The zero-order valence-electron chi connectivity index (χ0n) is 12.2. The van der Waals surface area contributed by atoms with Crippen molar-refractivity contribution in [3.05, 3.63) is 0 Å². The summed E-state index contributed by atoms with van der Waals surface area (Å²) in [6, 6.07) is 0. The molecule has 1 saturated heterocycles. The molecule has 0 amide bonds. The number of piperidine rings is 1. The van der Waals surface area contributed by atoms with Gasteiger partial charge in [0.25, 0.3) is 0 Å². The van der Waals surface area contributed by atoms with Crippen molar-refractivity contribution in [3.63, 3.8) is 0 Å². The van der Waals surface area contributed by atoms with E-state index in [9.17, 15) is 10.2 Å². The van der Waals surface area contributed by atoms with Crippen LogP contribution in [0.1, 0.15) is 52.9 Å². The molecule has 2 aliphatic rings. The molecule has 2 fully saturated rings. The SMILES string of the molecule is CC1(O)CCCN(CC2CCCC(C)(C)C2O)C1. The van der Waals surface area contributed by atoms with E-state index in [4.69, 9.17) is 0 Å². The molecule has 1 aliphatic heterocycles. The normalized spacial score (nSPS) is 41.8. The van der Waals surface area contributed by atoms with E-state index in [1.54, 1.807) is 0 Å². The van der Waals surface area contributed by atoms with E-state index in [-0.39, 0.29) is 11.5 Å². The highest BCUT2D eigenvalue weighted by atomic mass is 16.3. The molecule has 0 bridgehead atoms. The van der Waals surface area contributed by atoms with Gasteiger partial charge in [-0.15, -0.1) is 0 Å². The Kier molecular flexibility index (Phi) is 4.05. The van der Waals surface area contributed by atoms with Crippen molar-refractivity contribution in [2.24, 2.45) is 11.3 Å². The van der Waals surface area contributed by atoms with Crippen LogP contribution < -0.4 is 0 Å². The summed E-state index contributed by atoms with van der Waals surface area (Å²) in [5.74, 6) is 0.377. The van der Waals surface area contributed by atoms with E-state index in [1.165, 1.54) is 6.42 Å². The molecular formula is C15H29NO2. The predicted molar refractivity (Wildman–Crippen MR) is 73.4 cm³/mol. The number of rotatable bonds is 2. The van der Waals surface area contributed by atoms with Gasteiger partial charge in [0.1, 0.15) is 0 Å². The number of aliphatic hydroxyl groups is 2. The summed E-state index contributed by atoms with van der Waals surface area (Å²) in [7, 11) is 0. The standard InChI is InChI=1S/C15H29NO2/c1-14(2)7-4-6-12(13(14)17)10-16-9-5-8-15(3,18)11-16/h12-13,17-18H,4-11H2,1-3H3. The number of nitrogens with zero attached hydrogens (tertiary/aromatic N) is 1. The van der Waals surface area contributed by atoms with Crippen molar-refractivity contribution in [2.75, 3.05) is 19.6 Å². The van der Waals surface area contributed by atoms with Crippen LogP contribution in [0.4, 0.5) is 0 Å². The van der Waals surface area contributed by atoms with Gasteiger partial charge in [-0.3, -0.25) is 0 Å². The van der Waals surface area contributed by atoms with Crippen molar-refractivity contribution in [2.45, 2.75) is 64.6 Å². The molecule has 1 aliphatic carbocycles. The van der Waals surface area contributed by atoms with Crippen LogP contribution in [0, 0.1) is 11.3 Å². The quantitative estimate of drug-likeness (QED) is 0.793. The summed E-state index contributed by atoms with van der Waals surface area (Å²) in [6.07, 6.45) is 5.25. The summed E-state index contributed by atoms with van der Waals surface area (Å²) in [6.45, 7) is 9.06. The van der Waals surface area contributed by atoms with Crippen molar-refractivity contribution < 1.29 is 10.2 Å². The van der Waals surface area contributed by atoms with Crippen LogP contribution in [0.25, 0.3) is 0 Å². The molecule has 3 heteroatoms. The molecule has 0 aromatic rings. The Morgan fingerprint density at radius 3 is 2.56 bits per heavy atom. The lowest BCUT2D eigenvalue weighted by Crippen LogP contribution is -2.51. The zero-order valence-corrected chi connectivity index (χ0v) is 12.2. The number of β-amino-alcohol motifs (C(OH)–C–C–N with tert-alkyl or cyclic N) is 1. The van der Waals surface area contributed by atoms with Gasteiger partial charge in [0.05, 0.1) is 11.7 Å². The van der Waals surface area contributed by atoms with E-state index in [1.807, 2.05) is 6.92 Å². The summed E-state index contributed by atoms with van der Waals surface area (Å²) in [5, 5.41) is 20.6. The maximum Gasteiger partial charge on any atom is 0.0746 e. The van der Waals surface area contributed by atoms with Crippen LogP contribution in [0.3, 0.4) is 0 Å². The second-order valence-corrected chi connectivity index (χ2v) is 7.42. The highest BCUT2D eigenvalue weighted by molar-refractivity contribution is 4.91. The second-order valence-electron chi connectivity index (χ2n) is 7.42. The molecule has 1 saturated carbocycles. The average molecular weight is 255 g/mol. The molecule has 2 rings (SSSR count). The van der Waals surface area contributed by atoms with Gasteiger partial charge in [0, 0.05) is 13.1 Å². The van der Waals surface area contributed by atoms with E-state index >= 15 is 0 Å². The lowest BCUT2D eigenvalue weighted by atomic mass is 9.69. The van der Waals surface area contributed by atoms with Gasteiger partial charge >= 0.3 is 0 Å². The van der Waals surface area contributed by atoms with Crippen molar-refractivity contribution in [1.82, 2.24) is 4.90 Å². The molecule has 0 aromatic heterocycles. The minimum absolute atomic E-state index is 0.0568. The molecule has 18 heavy (non-hydrogen) atoms. The topological polar surface area (TPSA) is 43.7 Å². The largest absolute Gasteiger partial charge is 0.392 e. The zero-order chi connectivity index (χ0) is 13.4. The first-order valence-electron chi connectivity index (χ1n) is 7.43. The fourth-order valence-electron chi connectivity index (χ4n) is 3.77. The van der Waals surface area contributed by atoms with E-state index in [2.05, 4.69) is 18.7 Å². The Labute approximate surface area is 111 Å². The van der Waals surface area contributed by atoms with E-state index < -0.39 is 5.60 Å². The minimum Gasteiger partial charge on any atom is -0.392 e. The third-order valence-electron chi connectivity index (χ3n) is 4.89. The molecule has 3 nitrogen and oxygen atoms in total. The third kappa shape index (κ3) is 3.25. The number of hydrogen-bond acceptors (Lipinski definition) is 3. The van der Waals surface area contributed by atoms with Gasteiger partial charge in [-0.1, -0.05) is 20.3 Å². The summed E-state index contributed by atoms with van der Waals surface area (Å²) < 4.78 is 0. The number of likely N-dealkylation sites (tertiary alicyclic amines) is 1. The first-order chi connectivity index (χ1) is 8.30. The number of hydrogen-bond donors (Lipinski definition) is 2. The smallest absolute Gasteiger partial charge is 0.0746 e. The first kappa shape index (κ1) is 14.3. The molecule has 0 radical (unpaired) electrons. The van der Waals surface area contributed by atoms with Crippen molar-refractivity contribution >= 4 is 0 Å². The van der Waals surface area contributed by atoms with Crippen LogP contribution in [0.15, 0.2) is 0 Å². The maximum atomic E-state index is 10.5. The van der Waals surface area contributed by atoms with Crippen LogP contribution in [-0.2, 0) is 0 Å². The van der Waals surface area contributed by atoms with Gasteiger partial charge in [0.15, 0.2) is 0 Å². The van der Waals surface area contributed by atoms with Gasteiger partial charge in [-0.2, -0.15) is 0 Å². The van der Waals surface area contributed by atoms with Crippen LogP contribution in [-0.4, -0.2) is 46.5 Å². The Morgan fingerprint density at radius 1 is 1.17 bits per heavy atom. The fourth-order valence-corrected chi connectivity index (χ4v) is 3.77.